The topological polar surface area (TPSA) is 66.5 Å². The van der Waals surface area contributed by atoms with Gasteiger partial charge in [-0.2, -0.15) is 0 Å². The third-order valence-electron chi connectivity index (χ3n) is 3.84. The van der Waals surface area contributed by atoms with E-state index in [0.717, 1.165) is 13.0 Å². The number of benzene rings is 1. The van der Waals surface area contributed by atoms with Crippen LogP contribution < -0.4 is 5.32 Å². The van der Waals surface area contributed by atoms with E-state index in [1.165, 1.54) is 24.3 Å². The predicted octanol–water partition coefficient (Wildman–Crippen LogP) is 1.92. The lowest BCUT2D eigenvalue weighted by molar-refractivity contribution is -0.127. The number of ketones is 1. The maximum atomic E-state index is 12.8. The fraction of sp³-hybridized carbons (Fsp3) is 0.471. The highest BCUT2D eigenvalue weighted by Crippen LogP contribution is 2.09. The molecule has 0 unspecified atom stereocenters. The summed E-state index contributed by atoms with van der Waals surface area (Å²) < 4.78 is 12.8. The van der Waals surface area contributed by atoms with Gasteiger partial charge in [-0.15, -0.1) is 0 Å². The van der Waals surface area contributed by atoms with Crippen LogP contribution in [-0.2, 0) is 9.59 Å². The molecule has 1 aromatic carbocycles. The minimum Gasteiger partial charge on any atom is -0.356 e. The Balaban J connectivity index is 1.60. The van der Waals surface area contributed by atoms with Crippen LogP contribution in [0.1, 0.15) is 42.5 Å². The Morgan fingerprint density at radius 2 is 1.91 bits per heavy atom. The van der Waals surface area contributed by atoms with Crippen LogP contribution in [0.5, 0.6) is 0 Å². The second-order valence-corrected chi connectivity index (χ2v) is 5.62. The van der Waals surface area contributed by atoms with Crippen LogP contribution in [0.2, 0.25) is 0 Å². The summed E-state index contributed by atoms with van der Waals surface area (Å²) in [6, 6.07) is 5.30. The van der Waals surface area contributed by atoms with Crippen molar-refractivity contribution >= 4 is 17.6 Å². The molecule has 5 nitrogen and oxygen atoms in total. The number of Topliss-reactive ketones (excluding diaryl/α,β-unsaturated/α-hetero) is 1. The molecule has 23 heavy (non-hydrogen) atoms. The molecule has 1 saturated heterocycles. The molecule has 1 aliphatic heterocycles. The zero-order valence-electron chi connectivity index (χ0n) is 13.0. The Kier molecular flexibility index (Phi) is 6.26. The number of hydrogen-bond acceptors (Lipinski definition) is 3. The van der Waals surface area contributed by atoms with Gasteiger partial charge in [0.2, 0.25) is 11.8 Å². The van der Waals surface area contributed by atoms with Gasteiger partial charge in [-0.25, -0.2) is 4.39 Å². The molecule has 1 fully saturated rings. The van der Waals surface area contributed by atoms with E-state index in [-0.39, 0.29) is 30.4 Å². The summed E-state index contributed by atoms with van der Waals surface area (Å²) in [6.07, 6.45) is 2.46. The molecule has 0 bridgehead atoms. The molecule has 2 rings (SSSR count). The summed E-state index contributed by atoms with van der Waals surface area (Å²) in [5.74, 6) is -0.576. The smallest absolute Gasteiger partial charge is 0.222 e. The van der Waals surface area contributed by atoms with E-state index < -0.39 is 5.82 Å². The Labute approximate surface area is 134 Å². The van der Waals surface area contributed by atoms with E-state index in [2.05, 4.69) is 5.32 Å². The van der Waals surface area contributed by atoms with Crippen molar-refractivity contribution in [1.82, 2.24) is 10.2 Å². The van der Waals surface area contributed by atoms with Gasteiger partial charge in [-0.1, -0.05) is 0 Å². The first-order chi connectivity index (χ1) is 11.1. The normalized spacial score (nSPS) is 14.1. The first-order valence-corrected chi connectivity index (χ1v) is 7.89. The maximum absolute atomic E-state index is 12.8. The van der Waals surface area contributed by atoms with Crippen molar-refractivity contribution in [2.24, 2.45) is 0 Å². The van der Waals surface area contributed by atoms with Crippen molar-refractivity contribution in [3.8, 4) is 0 Å². The molecule has 1 aliphatic rings. The molecule has 6 heteroatoms. The lowest BCUT2D eigenvalue weighted by Gasteiger charge is -2.15. The molecule has 1 heterocycles. The number of carbonyl (C=O) groups excluding carboxylic acids is 3. The highest BCUT2D eigenvalue weighted by molar-refractivity contribution is 5.97. The number of rotatable bonds is 8. The molecule has 0 aliphatic carbocycles. The van der Waals surface area contributed by atoms with Crippen molar-refractivity contribution in [3.63, 3.8) is 0 Å². The van der Waals surface area contributed by atoms with Gasteiger partial charge in [-0.3, -0.25) is 14.4 Å². The number of nitrogens with zero attached hydrogens (tertiary/aromatic N) is 1. The Hall–Kier alpha value is -2.24. The Morgan fingerprint density at radius 1 is 1.17 bits per heavy atom. The number of likely N-dealkylation sites (tertiary alicyclic amines) is 1. The van der Waals surface area contributed by atoms with Gasteiger partial charge in [0.15, 0.2) is 5.78 Å². The summed E-state index contributed by atoms with van der Waals surface area (Å²) in [7, 11) is 0. The van der Waals surface area contributed by atoms with Crippen molar-refractivity contribution in [2.45, 2.75) is 32.1 Å². The number of halogens is 1. The lowest BCUT2D eigenvalue weighted by atomic mass is 10.1. The molecule has 124 valence electrons. The molecular formula is C17H21FN2O3. The van der Waals surface area contributed by atoms with Crippen molar-refractivity contribution in [2.75, 3.05) is 19.6 Å². The van der Waals surface area contributed by atoms with Crippen molar-refractivity contribution < 1.29 is 18.8 Å². The molecule has 0 aromatic heterocycles. The van der Waals surface area contributed by atoms with Crippen LogP contribution in [0.3, 0.4) is 0 Å². The van der Waals surface area contributed by atoms with E-state index in [1.807, 2.05) is 4.90 Å². The van der Waals surface area contributed by atoms with Crippen molar-refractivity contribution in [3.05, 3.63) is 35.6 Å². The molecule has 0 radical (unpaired) electrons. The number of nitrogens with one attached hydrogen (secondary N) is 1. The number of hydrogen-bond donors (Lipinski definition) is 1. The van der Waals surface area contributed by atoms with Gasteiger partial charge < -0.3 is 10.2 Å². The molecule has 0 spiro atoms. The molecule has 2 amide bonds. The van der Waals surface area contributed by atoms with Crippen LogP contribution in [0.25, 0.3) is 0 Å². The third kappa shape index (κ3) is 5.47. The standard InChI is InChI=1S/C17H21FN2O3/c18-14-6-4-13(5-7-14)15(21)8-9-16(22)19-10-2-12-20-11-1-3-17(20)23/h4-7H,1-3,8-12H2,(H,19,22). The number of amides is 2. The molecular weight excluding hydrogens is 299 g/mol. The van der Waals surface area contributed by atoms with Gasteiger partial charge >= 0.3 is 0 Å². The minimum absolute atomic E-state index is 0.0993. The first kappa shape index (κ1) is 17.1. The average molecular weight is 320 g/mol. The molecule has 0 saturated carbocycles. The second-order valence-electron chi connectivity index (χ2n) is 5.62. The Morgan fingerprint density at radius 3 is 2.57 bits per heavy atom. The van der Waals surface area contributed by atoms with Gasteiger partial charge in [0.05, 0.1) is 0 Å². The van der Waals surface area contributed by atoms with Gasteiger partial charge in [0.25, 0.3) is 0 Å². The van der Waals surface area contributed by atoms with Crippen LogP contribution in [-0.4, -0.2) is 42.1 Å². The first-order valence-electron chi connectivity index (χ1n) is 7.89. The summed E-state index contributed by atoms with van der Waals surface area (Å²) in [6.45, 7) is 1.96. The highest BCUT2D eigenvalue weighted by Gasteiger charge is 2.19. The molecule has 1 N–H and O–H groups in total. The van der Waals surface area contributed by atoms with Crippen LogP contribution >= 0.6 is 0 Å². The zero-order valence-corrected chi connectivity index (χ0v) is 13.0. The third-order valence-corrected chi connectivity index (χ3v) is 3.84. The fourth-order valence-electron chi connectivity index (χ4n) is 2.53. The van der Waals surface area contributed by atoms with Gasteiger partial charge in [0.1, 0.15) is 5.82 Å². The van der Waals surface area contributed by atoms with E-state index in [9.17, 15) is 18.8 Å². The van der Waals surface area contributed by atoms with Crippen LogP contribution in [0.4, 0.5) is 4.39 Å². The van der Waals surface area contributed by atoms with E-state index >= 15 is 0 Å². The predicted molar refractivity (Wildman–Crippen MR) is 83.4 cm³/mol. The van der Waals surface area contributed by atoms with E-state index in [0.29, 0.717) is 31.5 Å². The van der Waals surface area contributed by atoms with Crippen LogP contribution in [0.15, 0.2) is 24.3 Å². The average Bonchev–Trinajstić information content (AvgIpc) is 2.95. The Bertz CT molecular complexity index is 572. The fourth-order valence-corrected chi connectivity index (χ4v) is 2.53. The second kappa shape index (κ2) is 8.41. The van der Waals surface area contributed by atoms with E-state index in [1.54, 1.807) is 0 Å². The lowest BCUT2D eigenvalue weighted by Crippen LogP contribution is -2.30. The highest BCUT2D eigenvalue weighted by atomic mass is 19.1. The largest absolute Gasteiger partial charge is 0.356 e. The molecule has 0 atom stereocenters. The quantitative estimate of drug-likeness (QED) is 0.588. The monoisotopic (exact) mass is 320 g/mol. The van der Waals surface area contributed by atoms with Crippen LogP contribution in [0, 0.1) is 5.82 Å². The van der Waals surface area contributed by atoms with E-state index in [4.69, 9.17) is 0 Å². The zero-order chi connectivity index (χ0) is 16.7. The summed E-state index contributed by atoms with van der Waals surface area (Å²) in [4.78, 5) is 36.8. The minimum atomic E-state index is -0.393. The van der Waals surface area contributed by atoms with Gasteiger partial charge in [0, 0.05) is 44.5 Å². The molecule has 1 aromatic rings. The summed E-state index contributed by atoms with van der Waals surface area (Å²) in [5.41, 5.74) is 0.409. The maximum Gasteiger partial charge on any atom is 0.222 e. The summed E-state index contributed by atoms with van der Waals surface area (Å²) >= 11 is 0. The van der Waals surface area contributed by atoms with Crippen molar-refractivity contribution in [1.29, 1.82) is 0 Å². The summed E-state index contributed by atoms with van der Waals surface area (Å²) in [5, 5.41) is 2.75. The SMILES string of the molecule is O=C(CCC(=O)c1ccc(F)cc1)NCCCN1CCCC1=O. The number of carbonyl (C=O) groups is 3. The van der Waals surface area contributed by atoms with Gasteiger partial charge in [-0.05, 0) is 37.1 Å².